The number of piperidine rings is 1. The second-order valence-electron chi connectivity index (χ2n) is 8.26. The second kappa shape index (κ2) is 9.20. The quantitative estimate of drug-likeness (QED) is 0.336. The second-order valence-corrected chi connectivity index (χ2v) is 8.26. The van der Waals surface area contributed by atoms with Crippen molar-refractivity contribution in [2.24, 2.45) is 7.05 Å². The molecule has 0 N–H and O–H groups in total. The smallest absolute Gasteiger partial charge is 0.159 e. The predicted octanol–water partition coefficient (Wildman–Crippen LogP) is 3.76. The number of likely N-dealkylation sites (tertiary alicyclic amines) is 1. The third-order valence-electron chi connectivity index (χ3n) is 5.92. The Morgan fingerprint density at radius 2 is 1.73 bits per heavy atom. The van der Waals surface area contributed by atoms with E-state index >= 15 is 0 Å². The van der Waals surface area contributed by atoms with Crippen LogP contribution in [-0.2, 0) is 11.8 Å². The Labute approximate surface area is 192 Å². The van der Waals surface area contributed by atoms with Crippen LogP contribution < -0.4 is 0 Å². The first-order chi connectivity index (χ1) is 16.2. The van der Waals surface area contributed by atoms with Crippen molar-refractivity contribution in [2.45, 2.75) is 18.9 Å². The molecule has 0 aliphatic carbocycles. The number of carbonyl (C=O) groups is 1. The van der Waals surface area contributed by atoms with Gasteiger partial charge in [0.25, 0.3) is 0 Å². The maximum atomic E-state index is 10.6. The average molecular weight is 440 g/mol. The largest absolute Gasteiger partial charge is 0.375 e. The normalized spacial score (nSPS) is 16.4. The Hall–Kier alpha value is -4.07. The molecule has 166 valence electrons. The fraction of sp³-hybridized carbons (Fsp3) is 0.240. The number of aldehydes is 1. The summed E-state index contributed by atoms with van der Waals surface area (Å²) >= 11 is 0. The van der Waals surface area contributed by atoms with E-state index in [0.717, 1.165) is 60.0 Å². The van der Waals surface area contributed by atoms with E-state index in [4.69, 9.17) is 0 Å². The number of nitrogens with zero attached hydrogens (tertiary/aromatic N) is 7. The molecule has 8 heteroatoms. The van der Waals surface area contributed by atoms with Crippen molar-refractivity contribution in [3.8, 4) is 33.6 Å². The number of benzene rings is 1. The number of aromatic nitrogens is 6. The number of aryl methyl sites for hydroxylation is 1. The molecule has 0 saturated carbocycles. The van der Waals surface area contributed by atoms with E-state index in [1.165, 1.54) is 0 Å². The van der Waals surface area contributed by atoms with Crippen LogP contribution >= 0.6 is 0 Å². The topological polar surface area (TPSA) is 81.7 Å². The van der Waals surface area contributed by atoms with Crippen LogP contribution in [0.2, 0.25) is 0 Å². The molecule has 4 aromatic rings. The molecule has 8 nitrogen and oxygen atoms in total. The summed E-state index contributed by atoms with van der Waals surface area (Å²) in [5.41, 5.74) is 5.03. The zero-order valence-electron chi connectivity index (χ0n) is 18.5. The van der Waals surface area contributed by atoms with Crippen LogP contribution in [-0.4, -0.2) is 53.8 Å². The molecular weight excluding hydrogens is 414 g/mol. The highest BCUT2D eigenvalue weighted by Gasteiger charge is 2.20. The van der Waals surface area contributed by atoms with Gasteiger partial charge in [-0.05, 0) is 30.5 Å². The van der Waals surface area contributed by atoms with Crippen molar-refractivity contribution < 1.29 is 4.79 Å². The van der Waals surface area contributed by atoms with Gasteiger partial charge in [0.2, 0.25) is 0 Å². The van der Waals surface area contributed by atoms with Crippen LogP contribution in [0, 0.1) is 0 Å². The van der Waals surface area contributed by atoms with Crippen molar-refractivity contribution >= 4 is 6.29 Å². The van der Waals surface area contributed by atoms with Crippen LogP contribution in [0.15, 0.2) is 73.7 Å². The van der Waals surface area contributed by atoms with Gasteiger partial charge < -0.3 is 4.90 Å². The standard InChI is InChI=1S/C25H25N7O/c1-30-16-22(14-28-30)19-5-2-6-20(11-19)25-26-12-21(13-27-25)23-15-29-32(17-23)24-7-3-8-31(18-24)9-4-10-33/h2,4-6,9-17,24H,3,7-8,18H2,1H3. The lowest BCUT2D eigenvalue weighted by Crippen LogP contribution is -2.33. The Balaban J connectivity index is 1.32. The number of allylic oxidation sites excluding steroid dienone is 1. The molecule has 1 fully saturated rings. The molecule has 0 amide bonds. The third kappa shape index (κ3) is 4.59. The van der Waals surface area contributed by atoms with Crippen molar-refractivity contribution in [2.75, 3.05) is 13.1 Å². The summed E-state index contributed by atoms with van der Waals surface area (Å²) < 4.78 is 3.81. The molecular formula is C25H25N7O. The van der Waals surface area contributed by atoms with Crippen LogP contribution in [0.3, 0.4) is 0 Å². The van der Waals surface area contributed by atoms with Crippen LogP contribution in [0.5, 0.6) is 0 Å². The lowest BCUT2D eigenvalue weighted by atomic mass is 10.1. The molecule has 0 bridgehead atoms. The Bertz CT molecular complexity index is 1270. The third-order valence-corrected chi connectivity index (χ3v) is 5.92. The summed E-state index contributed by atoms with van der Waals surface area (Å²) in [5, 5.41) is 8.84. The van der Waals surface area contributed by atoms with Gasteiger partial charge in [0.1, 0.15) is 6.29 Å². The van der Waals surface area contributed by atoms with Gasteiger partial charge in [-0.2, -0.15) is 10.2 Å². The summed E-state index contributed by atoms with van der Waals surface area (Å²) in [5.74, 6) is 0.682. The minimum atomic E-state index is 0.277. The highest BCUT2D eigenvalue weighted by atomic mass is 16.1. The zero-order chi connectivity index (χ0) is 22.6. The first-order valence-electron chi connectivity index (χ1n) is 11.0. The monoisotopic (exact) mass is 439 g/mol. The fourth-order valence-corrected chi connectivity index (χ4v) is 4.21. The van der Waals surface area contributed by atoms with Gasteiger partial charge in [0.15, 0.2) is 5.82 Å². The molecule has 5 rings (SSSR count). The first kappa shape index (κ1) is 20.8. The molecule has 33 heavy (non-hydrogen) atoms. The number of hydrogen-bond donors (Lipinski definition) is 0. The number of carbonyl (C=O) groups excluding carboxylic acids is 1. The SMILES string of the molecule is Cn1cc(-c2cccc(-c3ncc(-c4cnn(C5CCCN(C=CC=O)C5)c4)cn3)c2)cn1. The lowest BCUT2D eigenvalue weighted by molar-refractivity contribution is -0.104. The Morgan fingerprint density at radius 3 is 2.52 bits per heavy atom. The summed E-state index contributed by atoms with van der Waals surface area (Å²) in [7, 11) is 1.91. The van der Waals surface area contributed by atoms with E-state index in [1.807, 2.05) is 61.0 Å². The van der Waals surface area contributed by atoms with Crippen molar-refractivity contribution in [1.29, 1.82) is 0 Å². The van der Waals surface area contributed by atoms with E-state index in [9.17, 15) is 4.79 Å². The molecule has 0 spiro atoms. The molecule has 1 aromatic carbocycles. The molecule has 1 aliphatic rings. The molecule has 0 radical (unpaired) electrons. The average Bonchev–Trinajstić information content (AvgIpc) is 3.53. The van der Waals surface area contributed by atoms with E-state index in [-0.39, 0.29) is 6.04 Å². The summed E-state index contributed by atoms with van der Waals surface area (Å²) in [6, 6.07) is 8.44. The number of hydrogen-bond acceptors (Lipinski definition) is 6. The van der Waals surface area contributed by atoms with Crippen molar-refractivity contribution in [3.05, 3.63) is 73.7 Å². The van der Waals surface area contributed by atoms with E-state index in [2.05, 4.69) is 43.4 Å². The van der Waals surface area contributed by atoms with Crippen molar-refractivity contribution in [3.63, 3.8) is 0 Å². The Kier molecular flexibility index (Phi) is 5.80. The van der Waals surface area contributed by atoms with Crippen LogP contribution in [0.4, 0.5) is 0 Å². The summed E-state index contributed by atoms with van der Waals surface area (Å²) in [6.07, 6.45) is 17.8. The van der Waals surface area contributed by atoms with Crippen LogP contribution in [0.25, 0.3) is 33.6 Å². The highest BCUT2D eigenvalue weighted by molar-refractivity contribution is 5.70. The van der Waals surface area contributed by atoms with Gasteiger partial charge >= 0.3 is 0 Å². The molecule has 1 saturated heterocycles. The highest BCUT2D eigenvalue weighted by Crippen LogP contribution is 2.27. The number of rotatable bonds is 6. The predicted molar refractivity (Wildman–Crippen MR) is 126 cm³/mol. The van der Waals surface area contributed by atoms with Gasteiger partial charge in [-0.3, -0.25) is 14.2 Å². The van der Waals surface area contributed by atoms with Crippen LogP contribution in [0.1, 0.15) is 18.9 Å². The first-order valence-corrected chi connectivity index (χ1v) is 11.0. The minimum absolute atomic E-state index is 0.277. The zero-order valence-corrected chi connectivity index (χ0v) is 18.5. The molecule has 3 aromatic heterocycles. The molecule has 4 heterocycles. The summed E-state index contributed by atoms with van der Waals surface area (Å²) in [6.45, 7) is 1.81. The summed E-state index contributed by atoms with van der Waals surface area (Å²) in [4.78, 5) is 22.0. The van der Waals surface area contributed by atoms with Gasteiger partial charge in [-0.1, -0.05) is 18.2 Å². The van der Waals surface area contributed by atoms with Gasteiger partial charge in [-0.15, -0.1) is 0 Å². The molecule has 1 atom stereocenters. The van der Waals surface area contributed by atoms with E-state index < -0.39 is 0 Å². The molecule has 1 aliphatic heterocycles. The van der Waals surface area contributed by atoms with Gasteiger partial charge in [0.05, 0.1) is 18.4 Å². The maximum absolute atomic E-state index is 10.6. The molecule has 1 unspecified atom stereocenters. The minimum Gasteiger partial charge on any atom is -0.375 e. The maximum Gasteiger partial charge on any atom is 0.159 e. The Morgan fingerprint density at radius 1 is 0.939 bits per heavy atom. The van der Waals surface area contributed by atoms with Gasteiger partial charge in [0, 0.05) is 73.4 Å². The van der Waals surface area contributed by atoms with Gasteiger partial charge in [-0.25, -0.2) is 9.97 Å². The van der Waals surface area contributed by atoms with Crippen molar-refractivity contribution in [1.82, 2.24) is 34.4 Å². The lowest BCUT2D eigenvalue weighted by Gasteiger charge is -2.31. The fourth-order valence-electron chi connectivity index (χ4n) is 4.21. The van der Waals surface area contributed by atoms with E-state index in [0.29, 0.717) is 5.82 Å². The van der Waals surface area contributed by atoms with E-state index in [1.54, 1.807) is 10.8 Å².